The Labute approximate surface area is 181 Å². The summed E-state index contributed by atoms with van der Waals surface area (Å²) in [5.41, 5.74) is 1.96. The van der Waals surface area contributed by atoms with Crippen LogP contribution in [0, 0.1) is 13.8 Å². The van der Waals surface area contributed by atoms with Crippen molar-refractivity contribution in [2.75, 3.05) is 5.75 Å². The van der Waals surface area contributed by atoms with Gasteiger partial charge in [-0.15, -0.1) is 10.2 Å². The minimum absolute atomic E-state index is 0.0646. The van der Waals surface area contributed by atoms with Crippen molar-refractivity contribution in [3.8, 4) is 5.75 Å². The van der Waals surface area contributed by atoms with Gasteiger partial charge in [0, 0.05) is 18.1 Å². The lowest BCUT2D eigenvalue weighted by atomic mass is 10.1. The molecule has 0 saturated heterocycles. The van der Waals surface area contributed by atoms with E-state index in [9.17, 15) is 4.79 Å². The first kappa shape index (κ1) is 22.0. The highest BCUT2D eigenvalue weighted by molar-refractivity contribution is 7.99. The van der Waals surface area contributed by atoms with E-state index in [1.54, 1.807) is 0 Å². The lowest BCUT2D eigenvalue weighted by Crippen LogP contribution is -2.35. The summed E-state index contributed by atoms with van der Waals surface area (Å²) in [5, 5.41) is 13.1. The number of carbonyl (C=O) groups is 1. The van der Waals surface area contributed by atoms with Gasteiger partial charge in [0.05, 0.1) is 5.75 Å². The van der Waals surface area contributed by atoms with Gasteiger partial charge in [-0.3, -0.25) is 4.79 Å². The third-order valence-electron chi connectivity index (χ3n) is 5.26. The van der Waals surface area contributed by atoms with Crippen LogP contribution in [0.3, 0.4) is 0 Å². The standard InChI is InChI=1S/C21H29ClN4O2S/c1-14-10-17(11-15(2)20(14)22)28-12-18-24-25-21(26(18)3)29-13-19(27)23-16-8-6-4-5-7-9-16/h10-11,16H,4-9,12-13H2,1-3H3,(H,23,27). The number of nitrogens with zero attached hydrogens (tertiary/aromatic N) is 3. The zero-order valence-electron chi connectivity index (χ0n) is 17.3. The molecule has 6 nitrogen and oxygen atoms in total. The van der Waals surface area contributed by atoms with E-state index in [2.05, 4.69) is 15.5 Å². The molecule has 1 aliphatic rings. The molecule has 1 aromatic heterocycles. The molecule has 1 heterocycles. The molecule has 1 amide bonds. The molecular formula is C21H29ClN4O2S. The van der Waals surface area contributed by atoms with Crippen molar-refractivity contribution >= 4 is 29.3 Å². The van der Waals surface area contributed by atoms with Crippen LogP contribution in [0.1, 0.15) is 55.5 Å². The number of halogens is 1. The first-order chi connectivity index (χ1) is 13.9. The Morgan fingerprint density at radius 2 is 1.86 bits per heavy atom. The number of rotatable bonds is 7. The number of nitrogens with one attached hydrogen (secondary N) is 1. The van der Waals surface area contributed by atoms with Crippen molar-refractivity contribution in [2.24, 2.45) is 7.05 Å². The Hall–Kier alpha value is -1.73. The normalized spacial score (nSPS) is 15.2. The summed E-state index contributed by atoms with van der Waals surface area (Å²) in [6.45, 7) is 4.22. The number of amides is 1. The van der Waals surface area contributed by atoms with Gasteiger partial charge < -0.3 is 14.6 Å². The van der Waals surface area contributed by atoms with Crippen LogP contribution in [0.25, 0.3) is 0 Å². The molecule has 2 aromatic rings. The summed E-state index contributed by atoms with van der Waals surface area (Å²) in [5.74, 6) is 1.87. The van der Waals surface area contributed by atoms with Crippen LogP contribution in [-0.2, 0) is 18.4 Å². The number of benzene rings is 1. The molecule has 1 aliphatic carbocycles. The second-order valence-electron chi connectivity index (χ2n) is 7.66. The van der Waals surface area contributed by atoms with E-state index in [1.807, 2.05) is 37.6 Å². The van der Waals surface area contributed by atoms with Crippen molar-refractivity contribution < 1.29 is 9.53 Å². The molecule has 1 aromatic carbocycles. The predicted molar refractivity (Wildman–Crippen MR) is 117 cm³/mol. The fourth-order valence-electron chi connectivity index (χ4n) is 3.56. The molecule has 29 heavy (non-hydrogen) atoms. The maximum atomic E-state index is 12.3. The minimum atomic E-state index is 0.0646. The number of aryl methyl sites for hydroxylation is 2. The molecule has 1 fully saturated rings. The number of thioether (sulfide) groups is 1. The summed E-state index contributed by atoms with van der Waals surface area (Å²) < 4.78 is 7.74. The Kier molecular flexibility index (Phi) is 7.84. The Morgan fingerprint density at radius 3 is 2.52 bits per heavy atom. The molecule has 0 aliphatic heterocycles. The van der Waals surface area contributed by atoms with Crippen molar-refractivity contribution in [1.82, 2.24) is 20.1 Å². The zero-order valence-corrected chi connectivity index (χ0v) is 18.9. The quantitative estimate of drug-likeness (QED) is 0.507. The summed E-state index contributed by atoms with van der Waals surface area (Å²) in [6.07, 6.45) is 7.14. The first-order valence-corrected chi connectivity index (χ1v) is 11.5. The Bertz CT molecular complexity index is 824. The summed E-state index contributed by atoms with van der Waals surface area (Å²) >= 11 is 7.61. The lowest BCUT2D eigenvalue weighted by Gasteiger charge is -2.15. The molecule has 3 rings (SSSR count). The number of aromatic nitrogens is 3. The minimum Gasteiger partial charge on any atom is -0.486 e. The van der Waals surface area contributed by atoms with Crippen LogP contribution in [0.2, 0.25) is 5.02 Å². The maximum absolute atomic E-state index is 12.3. The molecule has 1 N–H and O–H groups in total. The molecule has 158 valence electrons. The van der Waals surface area contributed by atoms with Crippen molar-refractivity contribution in [2.45, 2.75) is 70.2 Å². The van der Waals surface area contributed by atoms with Gasteiger partial charge in [0.25, 0.3) is 0 Å². The zero-order chi connectivity index (χ0) is 20.8. The topological polar surface area (TPSA) is 69.0 Å². The predicted octanol–water partition coefficient (Wildman–Crippen LogP) is 4.60. The molecular weight excluding hydrogens is 408 g/mol. The van der Waals surface area contributed by atoms with Crippen molar-refractivity contribution in [3.05, 3.63) is 34.1 Å². The third kappa shape index (κ3) is 6.12. The van der Waals surface area contributed by atoms with Gasteiger partial charge in [-0.1, -0.05) is 49.0 Å². The summed E-state index contributed by atoms with van der Waals surface area (Å²) in [7, 11) is 1.89. The highest BCUT2D eigenvalue weighted by Crippen LogP contribution is 2.26. The first-order valence-electron chi connectivity index (χ1n) is 10.1. The largest absolute Gasteiger partial charge is 0.486 e. The van der Waals surface area contributed by atoms with Crippen LogP contribution in [0.15, 0.2) is 17.3 Å². The molecule has 0 radical (unpaired) electrons. The average molecular weight is 437 g/mol. The second-order valence-corrected chi connectivity index (χ2v) is 8.98. The average Bonchev–Trinajstić information content (AvgIpc) is 2.87. The number of carbonyl (C=O) groups excluding carboxylic acids is 1. The Morgan fingerprint density at radius 1 is 1.21 bits per heavy atom. The SMILES string of the molecule is Cc1cc(OCc2nnc(SCC(=O)NC3CCCCCC3)n2C)cc(C)c1Cl. The molecule has 0 bridgehead atoms. The third-order valence-corrected chi connectivity index (χ3v) is 6.87. The van der Waals surface area contributed by atoms with Gasteiger partial charge in [0.2, 0.25) is 5.91 Å². The molecule has 8 heteroatoms. The van der Waals surface area contributed by atoms with Gasteiger partial charge in [-0.2, -0.15) is 0 Å². The van der Waals surface area contributed by atoms with E-state index in [0.717, 1.165) is 34.7 Å². The van der Waals surface area contributed by atoms with Gasteiger partial charge in [0.15, 0.2) is 11.0 Å². The van der Waals surface area contributed by atoms with Gasteiger partial charge in [0.1, 0.15) is 12.4 Å². The monoisotopic (exact) mass is 436 g/mol. The van der Waals surface area contributed by atoms with Crippen LogP contribution in [0.5, 0.6) is 5.75 Å². The van der Waals surface area contributed by atoms with Crippen LogP contribution >= 0.6 is 23.4 Å². The number of hydrogen-bond donors (Lipinski definition) is 1. The summed E-state index contributed by atoms with van der Waals surface area (Å²) in [4.78, 5) is 12.3. The highest BCUT2D eigenvalue weighted by atomic mass is 35.5. The van der Waals surface area contributed by atoms with E-state index in [4.69, 9.17) is 16.3 Å². The van der Waals surface area contributed by atoms with Crippen LogP contribution in [-0.4, -0.2) is 32.5 Å². The van der Waals surface area contributed by atoms with Crippen molar-refractivity contribution in [1.29, 1.82) is 0 Å². The molecule has 0 unspecified atom stereocenters. The van der Waals surface area contributed by atoms with E-state index >= 15 is 0 Å². The van der Waals surface area contributed by atoms with Gasteiger partial charge >= 0.3 is 0 Å². The van der Waals surface area contributed by atoms with E-state index in [0.29, 0.717) is 29.4 Å². The summed E-state index contributed by atoms with van der Waals surface area (Å²) in [6, 6.07) is 4.15. The van der Waals surface area contributed by atoms with E-state index < -0.39 is 0 Å². The lowest BCUT2D eigenvalue weighted by molar-refractivity contribution is -0.119. The molecule has 1 saturated carbocycles. The maximum Gasteiger partial charge on any atom is 0.230 e. The molecule has 0 spiro atoms. The number of hydrogen-bond acceptors (Lipinski definition) is 5. The van der Waals surface area contributed by atoms with Gasteiger partial charge in [-0.05, 0) is 49.9 Å². The van der Waals surface area contributed by atoms with Crippen molar-refractivity contribution in [3.63, 3.8) is 0 Å². The fourth-order valence-corrected chi connectivity index (χ4v) is 4.41. The van der Waals surface area contributed by atoms with Gasteiger partial charge in [-0.25, -0.2) is 0 Å². The van der Waals surface area contributed by atoms with E-state index in [1.165, 1.54) is 37.4 Å². The highest BCUT2D eigenvalue weighted by Gasteiger charge is 2.16. The fraction of sp³-hybridized carbons (Fsp3) is 0.571. The Balaban J connectivity index is 1.50. The van der Waals surface area contributed by atoms with Crippen LogP contribution < -0.4 is 10.1 Å². The second kappa shape index (κ2) is 10.3. The molecule has 0 atom stereocenters. The smallest absolute Gasteiger partial charge is 0.230 e. The van der Waals surface area contributed by atoms with E-state index in [-0.39, 0.29) is 5.91 Å². The van der Waals surface area contributed by atoms with Crippen LogP contribution in [0.4, 0.5) is 0 Å². The number of ether oxygens (including phenoxy) is 1.